The Kier molecular flexibility index (Phi) is 3.20. The molecule has 0 atom stereocenters. The Morgan fingerprint density at radius 3 is 2.74 bits per heavy atom. The molecule has 0 radical (unpaired) electrons. The first-order chi connectivity index (χ1) is 9.22. The lowest BCUT2D eigenvalue weighted by molar-refractivity contribution is -0.384. The van der Waals surface area contributed by atoms with Crippen LogP contribution in [-0.2, 0) is 0 Å². The summed E-state index contributed by atoms with van der Waals surface area (Å²) in [6, 6.07) is 6.28. The summed E-state index contributed by atoms with van der Waals surface area (Å²) in [5.74, 6) is 2.54. The average Bonchev–Trinajstić information content (AvgIpc) is 3.13. The number of hydrogen-bond donors (Lipinski definition) is 1. The second-order valence-electron chi connectivity index (χ2n) is 4.52. The van der Waals surface area contributed by atoms with E-state index < -0.39 is 4.92 Å². The molecule has 7 heteroatoms. The molecular weight excluding hydrogens is 264 g/mol. The maximum absolute atomic E-state index is 10.6. The van der Waals surface area contributed by atoms with E-state index in [9.17, 15) is 10.1 Å². The number of H-pyrrole nitrogens is 1. The number of nitrogens with one attached hydrogen (secondary N) is 1. The number of benzene rings is 1. The minimum Gasteiger partial charge on any atom is -0.258 e. The van der Waals surface area contributed by atoms with Crippen molar-refractivity contribution in [2.75, 3.05) is 5.75 Å². The van der Waals surface area contributed by atoms with E-state index in [-0.39, 0.29) is 5.69 Å². The normalized spacial score (nSPS) is 14.5. The maximum atomic E-state index is 10.6. The van der Waals surface area contributed by atoms with E-state index in [4.69, 9.17) is 0 Å². The van der Waals surface area contributed by atoms with Gasteiger partial charge in [0.1, 0.15) is 0 Å². The SMILES string of the molecule is O=[N+]([O-])c1ccc(-c2nc(SCC3CC3)n[nH]2)cc1. The van der Waals surface area contributed by atoms with Gasteiger partial charge in [-0.1, -0.05) is 11.8 Å². The zero-order valence-corrected chi connectivity index (χ0v) is 10.9. The summed E-state index contributed by atoms with van der Waals surface area (Å²) in [6.45, 7) is 0. The first kappa shape index (κ1) is 12.2. The van der Waals surface area contributed by atoms with Crippen molar-refractivity contribution in [2.45, 2.75) is 18.0 Å². The van der Waals surface area contributed by atoms with Gasteiger partial charge in [0.25, 0.3) is 5.69 Å². The molecule has 19 heavy (non-hydrogen) atoms. The van der Waals surface area contributed by atoms with Crippen LogP contribution in [0.25, 0.3) is 11.4 Å². The summed E-state index contributed by atoms with van der Waals surface area (Å²) in [5, 5.41) is 18.3. The molecule has 0 amide bonds. The summed E-state index contributed by atoms with van der Waals surface area (Å²) in [7, 11) is 0. The highest BCUT2D eigenvalue weighted by Gasteiger charge is 2.22. The third-order valence-corrected chi connectivity index (χ3v) is 4.04. The molecule has 2 aromatic rings. The van der Waals surface area contributed by atoms with Gasteiger partial charge in [-0.2, -0.15) is 0 Å². The van der Waals surface area contributed by atoms with Crippen LogP contribution in [0, 0.1) is 16.0 Å². The Hall–Kier alpha value is -1.89. The summed E-state index contributed by atoms with van der Waals surface area (Å²) < 4.78 is 0. The number of nitro benzene ring substituents is 1. The third kappa shape index (κ3) is 2.93. The topological polar surface area (TPSA) is 84.7 Å². The number of nitrogens with zero attached hydrogens (tertiary/aromatic N) is 3. The smallest absolute Gasteiger partial charge is 0.258 e. The fraction of sp³-hybridized carbons (Fsp3) is 0.333. The molecule has 0 saturated heterocycles. The number of rotatable bonds is 5. The van der Waals surface area contributed by atoms with Crippen molar-refractivity contribution in [2.24, 2.45) is 5.92 Å². The predicted octanol–water partition coefficient (Wildman–Crippen LogP) is 2.88. The van der Waals surface area contributed by atoms with Crippen molar-refractivity contribution >= 4 is 17.4 Å². The summed E-state index contributed by atoms with van der Waals surface area (Å²) in [4.78, 5) is 14.5. The van der Waals surface area contributed by atoms with Crippen molar-refractivity contribution in [3.63, 3.8) is 0 Å². The van der Waals surface area contributed by atoms with Gasteiger partial charge in [-0.15, -0.1) is 5.10 Å². The molecule has 98 valence electrons. The lowest BCUT2D eigenvalue weighted by Gasteiger charge is -1.95. The van der Waals surface area contributed by atoms with E-state index in [0.29, 0.717) is 5.82 Å². The fourth-order valence-electron chi connectivity index (χ4n) is 1.66. The van der Waals surface area contributed by atoms with Gasteiger partial charge in [0.15, 0.2) is 5.82 Å². The average molecular weight is 276 g/mol. The molecule has 1 aromatic heterocycles. The number of aromatic amines is 1. The molecule has 0 unspecified atom stereocenters. The lowest BCUT2D eigenvalue weighted by atomic mass is 10.2. The van der Waals surface area contributed by atoms with Crippen molar-refractivity contribution in [3.05, 3.63) is 34.4 Å². The van der Waals surface area contributed by atoms with Crippen LogP contribution in [0.1, 0.15) is 12.8 Å². The van der Waals surface area contributed by atoms with Gasteiger partial charge in [0, 0.05) is 23.4 Å². The highest BCUT2D eigenvalue weighted by atomic mass is 32.2. The molecule has 6 nitrogen and oxygen atoms in total. The Balaban J connectivity index is 1.71. The standard InChI is InChI=1S/C12H12N4O2S/c17-16(18)10-5-3-9(4-6-10)11-13-12(15-14-11)19-7-8-1-2-8/h3-6,8H,1-2,7H2,(H,13,14,15). The number of thioether (sulfide) groups is 1. The van der Waals surface area contributed by atoms with Crippen molar-refractivity contribution in [1.29, 1.82) is 0 Å². The van der Waals surface area contributed by atoms with Gasteiger partial charge < -0.3 is 0 Å². The molecule has 0 aliphatic heterocycles. The number of aromatic nitrogens is 3. The minimum absolute atomic E-state index is 0.0756. The van der Waals surface area contributed by atoms with Gasteiger partial charge in [-0.25, -0.2) is 4.98 Å². The van der Waals surface area contributed by atoms with Gasteiger partial charge in [-0.05, 0) is 30.9 Å². The second-order valence-corrected chi connectivity index (χ2v) is 5.51. The van der Waals surface area contributed by atoms with Crippen LogP contribution in [0.4, 0.5) is 5.69 Å². The number of non-ortho nitro benzene ring substituents is 1. The minimum atomic E-state index is -0.416. The van der Waals surface area contributed by atoms with Crippen molar-refractivity contribution < 1.29 is 4.92 Å². The fourth-order valence-corrected chi connectivity index (χ4v) is 2.64. The van der Waals surface area contributed by atoms with E-state index in [2.05, 4.69) is 15.2 Å². The Morgan fingerprint density at radius 2 is 2.11 bits per heavy atom. The van der Waals surface area contributed by atoms with Gasteiger partial charge in [0.05, 0.1) is 4.92 Å². The zero-order chi connectivity index (χ0) is 13.2. The molecular formula is C12H12N4O2S. The molecule has 0 spiro atoms. The van der Waals surface area contributed by atoms with E-state index >= 15 is 0 Å². The van der Waals surface area contributed by atoms with Crippen LogP contribution in [0.15, 0.2) is 29.4 Å². The van der Waals surface area contributed by atoms with Crippen LogP contribution in [0.5, 0.6) is 0 Å². The van der Waals surface area contributed by atoms with E-state index in [1.807, 2.05) is 0 Å². The first-order valence-corrected chi connectivity index (χ1v) is 7.01. The number of nitro groups is 1. The molecule has 3 rings (SSSR count). The Labute approximate surface area is 113 Å². The summed E-state index contributed by atoms with van der Waals surface area (Å²) in [5.41, 5.74) is 0.878. The van der Waals surface area contributed by atoms with Crippen LogP contribution < -0.4 is 0 Å². The van der Waals surface area contributed by atoms with Crippen LogP contribution in [0.3, 0.4) is 0 Å². The third-order valence-electron chi connectivity index (χ3n) is 2.96. The lowest BCUT2D eigenvalue weighted by Crippen LogP contribution is -1.87. The summed E-state index contributed by atoms with van der Waals surface area (Å²) >= 11 is 1.65. The summed E-state index contributed by atoms with van der Waals surface area (Å²) in [6.07, 6.45) is 2.62. The molecule has 0 bridgehead atoms. The maximum Gasteiger partial charge on any atom is 0.269 e. The van der Waals surface area contributed by atoms with Gasteiger partial charge in [-0.3, -0.25) is 15.2 Å². The molecule has 1 aromatic carbocycles. The van der Waals surface area contributed by atoms with E-state index in [1.54, 1.807) is 23.9 Å². The molecule has 1 saturated carbocycles. The Morgan fingerprint density at radius 1 is 1.37 bits per heavy atom. The van der Waals surface area contributed by atoms with Gasteiger partial charge >= 0.3 is 0 Å². The van der Waals surface area contributed by atoms with Crippen molar-refractivity contribution in [1.82, 2.24) is 15.2 Å². The molecule has 1 fully saturated rings. The van der Waals surface area contributed by atoms with E-state index in [0.717, 1.165) is 22.4 Å². The molecule has 1 aliphatic rings. The van der Waals surface area contributed by atoms with Crippen LogP contribution in [-0.4, -0.2) is 25.9 Å². The van der Waals surface area contributed by atoms with E-state index in [1.165, 1.54) is 25.0 Å². The van der Waals surface area contributed by atoms with Gasteiger partial charge in [0.2, 0.25) is 5.16 Å². The largest absolute Gasteiger partial charge is 0.269 e. The monoisotopic (exact) mass is 276 g/mol. The predicted molar refractivity (Wildman–Crippen MR) is 71.9 cm³/mol. The zero-order valence-electron chi connectivity index (χ0n) is 10.1. The molecule has 1 heterocycles. The highest BCUT2D eigenvalue weighted by molar-refractivity contribution is 7.99. The van der Waals surface area contributed by atoms with Crippen LogP contribution in [0.2, 0.25) is 0 Å². The highest BCUT2D eigenvalue weighted by Crippen LogP contribution is 2.34. The first-order valence-electron chi connectivity index (χ1n) is 6.02. The number of hydrogen-bond acceptors (Lipinski definition) is 5. The van der Waals surface area contributed by atoms with Crippen LogP contribution >= 0.6 is 11.8 Å². The molecule has 1 N–H and O–H groups in total. The quantitative estimate of drug-likeness (QED) is 0.515. The molecule has 1 aliphatic carbocycles. The Bertz CT molecular complexity index is 592. The second kappa shape index (κ2) is 5.00. The van der Waals surface area contributed by atoms with Crippen molar-refractivity contribution in [3.8, 4) is 11.4 Å².